The summed E-state index contributed by atoms with van der Waals surface area (Å²) in [7, 11) is 1.61. The van der Waals surface area contributed by atoms with Crippen LogP contribution >= 0.6 is 11.8 Å². The summed E-state index contributed by atoms with van der Waals surface area (Å²) in [6.07, 6.45) is 0.701. The third-order valence-corrected chi connectivity index (χ3v) is 3.64. The molecule has 5 heteroatoms. The van der Waals surface area contributed by atoms with E-state index in [1.807, 2.05) is 31.2 Å². The largest absolute Gasteiger partial charge is 0.497 e. The van der Waals surface area contributed by atoms with E-state index in [4.69, 9.17) is 9.84 Å². The van der Waals surface area contributed by atoms with E-state index in [0.29, 0.717) is 11.4 Å². The van der Waals surface area contributed by atoms with E-state index in [9.17, 15) is 4.79 Å². The molecule has 0 saturated heterocycles. The van der Waals surface area contributed by atoms with Gasteiger partial charge in [-0.1, -0.05) is 24.8 Å². The third-order valence-electron chi connectivity index (χ3n) is 2.73. The maximum absolute atomic E-state index is 11.1. The molecule has 104 valence electrons. The summed E-state index contributed by atoms with van der Waals surface area (Å²) in [5.74, 6) is -0.172. The quantitative estimate of drug-likeness (QED) is 0.912. The van der Waals surface area contributed by atoms with E-state index < -0.39 is 5.97 Å². The van der Waals surface area contributed by atoms with Gasteiger partial charge in [0.1, 0.15) is 10.8 Å². The number of benzene rings is 1. The summed E-state index contributed by atoms with van der Waals surface area (Å²) in [4.78, 5) is 16.5. The van der Waals surface area contributed by atoms with Gasteiger partial charge >= 0.3 is 5.97 Å². The molecular formula is C15H15NO3S. The lowest BCUT2D eigenvalue weighted by Gasteiger charge is -2.06. The minimum atomic E-state index is -0.936. The molecule has 0 spiro atoms. The first-order chi connectivity index (χ1) is 9.62. The Bertz CT molecular complexity index is 628. The number of rotatable bonds is 5. The van der Waals surface area contributed by atoms with Crippen LogP contribution < -0.4 is 4.74 Å². The number of aromatic carboxylic acids is 1. The number of nitrogens with zero attached hydrogens (tertiary/aromatic N) is 1. The van der Waals surface area contributed by atoms with Gasteiger partial charge in [0.25, 0.3) is 0 Å². The molecule has 0 aliphatic rings. The van der Waals surface area contributed by atoms with Crippen molar-refractivity contribution in [2.45, 2.75) is 23.3 Å². The van der Waals surface area contributed by atoms with Crippen LogP contribution in [-0.4, -0.2) is 23.2 Å². The number of hydrogen-bond donors (Lipinski definition) is 1. The van der Waals surface area contributed by atoms with Gasteiger partial charge in [0.15, 0.2) is 0 Å². The molecule has 2 rings (SSSR count). The van der Waals surface area contributed by atoms with Crippen molar-refractivity contribution in [2.75, 3.05) is 7.11 Å². The minimum Gasteiger partial charge on any atom is -0.497 e. The molecule has 0 radical (unpaired) electrons. The standard InChI is InChI=1S/C15H15NO3S/c1-3-11-7-10(15(17)18)8-14(16-11)20-13-6-4-5-12(9-13)19-2/h4-9H,3H2,1-2H3,(H,17,18). The predicted molar refractivity (Wildman–Crippen MR) is 77.7 cm³/mol. The lowest BCUT2D eigenvalue weighted by Crippen LogP contribution is -2.00. The number of aromatic nitrogens is 1. The number of methoxy groups -OCH3 is 1. The first-order valence-electron chi connectivity index (χ1n) is 6.18. The van der Waals surface area contributed by atoms with Gasteiger partial charge < -0.3 is 9.84 Å². The van der Waals surface area contributed by atoms with E-state index >= 15 is 0 Å². The smallest absolute Gasteiger partial charge is 0.335 e. The van der Waals surface area contributed by atoms with Crippen LogP contribution in [0.3, 0.4) is 0 Å². The second-order valence-electron chi connectivity index (χ2n) is 4.13. The van der Waals surface area contributed by atoms with Crippen molar-refractivity contribution in [1.82, 2.24) is 4.98 Å². The lowest BCUT2D eigenvalue weighted by molar-refractivity contribution is 0.0696. The lowest BCUT2D eigenvalue weighted by atomic mass is 10.2. The fourth-order valence-electron chi connectivity index (χ4n) is 1.70. The zero-order valence-electron chi connectivity index (χ0n) is 11.3. The van der Waals surface area contributed by atoms with Crippen molar-refractivity contribution in [3.63, 3.8) is 0 Å². The van der Waals surface area contributed by atoms with Crippen molar-refractivity contribution in [1.29, 1.82) is 0 Å². The Balaban J connectivity index is 2.32. The Morgan fingerprint density at radius 1 is 1.35 bits per heavy atom. The molecule has 0 fully saturated rings. The molecule has 0 unspecified atom stereocenters. The van der Waals surface area contributed by atoms with Gasteiger partial charge in [0, 0.05) is 10.6 Å². The Morgan fingerprint density at radius 3 is 2.80 bits per heavy atom. The highest BCUT2D eigenvalue weighted by Gasteiger charge is 2.09. The molecule has 0 bridgehead atoms. The highest BCUT2D eigenvalue weighted by Crippen LogP contribution is 2.29. The summed E-state index contributed by atoms with van der Waals surface area (Å²) < 4.78 is 5.17. The molecule has 1 N–H and O–H groups in total. The highest BCUT2D eigenvalue weighted by molar-refractivity contribution is 7.99. The Kier molecular flexibility index (Phi) is 4.63. The predicted octanol–water partition coefficient (Wildman–Crippen LogP) is 3.50. The fraction of sp³-hybridized carbons (Fsp3) is 0.200. The van der Waals surface area contributed by atoms with Gasteiger partial charge in [-0.2, -0.15) is 0 Å². The number of hydrogen-bond acceptors (Lipinski definition) is 4. The van der Waals surface area contributed by atoms with Crippen molar-refractivity contribution in [3.8, 4) is 5.75 Å². The second kappa shape index (κ2) is 6.43. The van der Waals surface area contributed by atoms with Crippen molar-refractivity contribution < 1.29 is 14.6 Å². The summed E-state index contributed by atoms with van der Waals surface area (Å²) >= 11 is 1.42. The van der Waals surface area contributed by atoms with E-state index in [-0.39, 0.29) is 5.56 Å². The van der Waals surface area contributed by atoms with Gasteiger partial charge in [-0.05, 0) is 36.8 Å². The number of carboxylic acid groups (broad SMARTS) is 1. The van der Waals surface area contributed by atoms with Gasteiger partial charge in [0.2, 0.25) is 0 Å². The zero-order valence-corrected chi connectivity index (χ0v) is 12.1. The van der Waals surface area contributed by atoms with Crippen LogP contribution in [0.5, 0.6) is 5.75 Å². The van der Waals surface area contributed by atoms with Crippen LogP contribution in [0.1, 0.15) is 23.0 Å². The molecule has 1 aromatic carbocycles. The van der Waals surface area contributed by atoms with Crippen LogP contribution in [-0.2, 0) is 6.42 Å². The fourth-order valence-corrected chi connectivity index (χ4v) is 2.61. The van der Waals surface area contributed by atoms with Gasteiger partial charge in [-0.15, -0.1) is 0 Å². The van der Waals surface area contributed by atoms with E-state index in [0.717, 1.165) is 16.3 Å². The SMILES string of the molecule is CCc1cc(C(=O)O)cc(Sc2cccc(OC)c2)n1. The number of ether oxygens (including phenoxy) is 1. The number of carbonyl (C=O) groups is 1. The van der Waals surface area contributed by atoms with Crippen LogP contribution in [0.25, 0.3) is 0 Å². The normalized spacial score (nSPS) is 10.3. The Labute approximate surface area is 121 Å². The number of carboxylic acids is 1. The first-order valence-corrected chi connectivity index (χ1v) is 7.00. The Morgan fingerprint density at radius 2 is 2.15 bits per heavy atom. The maximum Gasteiger partial charge on any atom is 0.335 e. The summed E-state index contributed by atoms with van der Waals surface area (Å²) in [5.41, 5.74) is 1.04. The molecule has 0 aliphatic heterocycles. The van der Waals surface area contributed by atoms with Crippen LogP contribution in [0, 0.1) is 0 Å². The van der Waals surface area contributed by atoms with Crippen LogP contribution in [0.15, 0.2) is 46.3 Å². The topological polar surface area (TPSA) is 59.4 Å². The third kappa shape index (κ3) is 3.51. The molecular weight excluding hydrogens is 274 g/mol. The van der Waals surface area contributed by atoms with Crippen LogP contribution in [0.4, 0.5) is 0 Å². The average molecular weight is 289 g/mol. The van der Waals surface area contributed by atoms with Crippen LogP contribution in [0.2, 0.25) is 0 Å². The molecule has 4 nitrogen and oxygen atoms in total. The molecule has 0 atom stereocenters. The molecule has 20 heavy (non-hydrogen) atoms. The maximum atomic E-state index is 11.1. The van der Waals surface area contributed by atoms with Crippen molar-refractivity contribution in [3.05, 3.63) is 47.7 Å². The Hall–Kier alpha value is -2.01. The summed E-state index contributed by atoms with van der Waals surface area (Å²) in [5, 5.41) is 9.80. The second-order valence-corrected chi connectivity index (χ2v) is 5.22. The molecule has 1 heterocycles. The van der Waals surface area contributed by atoms with Gasteiger partial charge in [0.05, 0.1) is 12.7 Å². The molecule has 2 aromatic rings. The summed E-state index contributed by atoms with van der Waals surface area (Å²) in [6.45, 7) is 1.95. The molecule has 0 aliphatic carbocycles. The van der Waals surface area contributed by atoms with Gasteiger partial charge in [-0.3, -0.25) is 0 Å². The first kappa shape index (κ1) is 14.4. The monoisotopic (exact) mass is 289 g/mol. The summed E-state index contributed by atoms with van der Waals surface area (Å²) in [6, 6.07) is 10.8. The van der Waals surface area contributed by atoms with Crippen molar-refractivity contribution >= 4 is 17.7 Å². The minimum absolute atomic E-state index is 0.266. The zero-order chi connectivity index (χ0) is 14.5. The molecule has 0 saturated carbocycles. The van der Waals surface area contributed by atoms with E-state index in [2.05, 4.69) is 4.98 Å². The van der Waals surface area contributed by atoms with Crippen molar-refractivity contribution in [2.24, 2.45) is 0 Å². The van der Waals surface area contributed by atoms with E-state index in [1.165, 1.54) is 11.8 Å². The highest BCUT2D eigenvalue weighted by atomic mass is 32.2. The molecule has 0 amide bonds. The average Bonchev–Trinajstić information content (AvgIpc) is 2.47. The molecule has 1 aromatic heterocycles. The number of aryl methyl sites for hydroxylation is 1. The van der Waals surface area contributed by atoms with E-state index in [1.54, 1.807) is 19.2 Å². The van der Waals surface area contributed by atoms with Gasteiger partial charge in [-0.25, -0.2) is 9.78 Å². The number of pyridine rings is 1.